The van der Waals surface area contributed by atoms with Crippen LogP contribution in [0.3, 0.4) is 0 Å². The number of anilines is 1. The Morgan fingerprint density at radius 3 is 2.88 bits per heavy atom. The summed E-state index contributed by atoms with van der Waals surface area (Å²) in [6.45, 7) is 2.13. The standard InChI is InChI=1S/C12H13N5/c1-9(11-2-3-11)17-12(4-5-16-17)15-8-10(6-13)7-14/h4-5,8-9,11,15H,2-3H2,1H3/t9-/m1/s1. The Labute approximate surface area is 100.0 Å². The van der Waals surface area contributed by atoms with E-state index >= 15 is 0 Å². The van der Waals surface area contributed by atoms with Gasteiger partial charge in [0.25, 0.3) is 0 Å². The first kappa shape index (κ1) is 11.2. The highest BCUT2D eigenvalue weighted by atomic mass is 15.3. The molecule has 0 aliphatic heterocycles. The molecule has 0 radical (unpaired) electrons. The molecular formula is C12H13N5. The molecule has 1 heterocycles. The maximum absolute atomic E-state index is 8.63. The highest BCUT2D eigenvalue weighted by Gasteiger charge is 2.30. The second-order valence-corrected chi connectivity index (χ2v) is 4.17. The third-order valence-corrected chi connectivity index (χ3v) is 2.97. The van der Waals surface area contributed by atoms with Crippen molar-refractivity contribution in [2.24, 2.45) is 5.92 Å². The van der Waals surface area contributed by atoms with Crippen LogP contribution < -0.4 is 5.32 Å². The zero-order valence-corrected chi connectivity index (χ0v) is 9.59. The minimum absolute atomic E-state index is 0.0526. The van der Waals surface area contributed by atoms with Crippen LogP contribution in [0.4, 0.5) is 5.82 Å². The monoisotopic (exact) mass is 227 g/mol. The van der Waals surface area contributed by atoms with Crippen LogP contribution in [0.5, 0.6) is 0 Å². The molecule has 0 amide bonds. The Morgan fingerprint density at radius 2 is 2.29 bits per heavy atom. The van der Waals surface area contributed by atoms with E-state index < -0.39 is 0 Å². The highest BCUT2D eigenvalue weighted by Crippen LogP contribution is 2.40. The van der Waals surface area contributed by atoms with Crippen LogP contribution in [0.15, 0.2) is 24.0 Å². The zero-order chi connectivity index (χ0) is 12.3. The minimum Gasteiger partial charge on any atom is -0.345 e. The van der Waals surface area contributed by atoms with Crippen molar-refractivity contribution in [3.63, 3.8) is 0 Å². The van der Waals surface area contributed by atoms with Gasteiger partial charge in [-0.3, -0.25) is 0 Å². The van der Waals surface area contributed by atoms with Gasteiger partial charge in [0.2, 0.25) is 0 Å². The van der Waals surface area contributed by atoms with Gasteiger partial charge in [0.1, 0.15) is 23.5 Å². The summed E-state index contributed by atoms with van der Waals surface area (Å²) in [7, 11) is 0. The molecule has 1 atom stereocenters. The molecule has 17 heavy (non-hydrogen) atoms. The van der Waals surface area contributed by atoms with Gasteiger partial charge in [-0.15, -0.1) is 0 Å². The largest absolute Gasteiger partial charge is 0.345 e. The lowest BCUT2D eigenvalue weighted by molar-refractivity contribution is 0.445. The van der Waals surface area contributed by atoms with Crippen LogP contribution in [0.25, 0.3) is 0 Å². The fourth-order valence-corrected chi connectivity index (χ4v) is 1.77. The predicted octanol–water partition coefficient (Wildman–Crippen LogP) is 2.20. The van der Waals surface area contributed by atoms with Crippen molar-refractivity contribution < 1.29 is 0 Å². The molecule has 0 spiro atoms. The van der Waals surface area contributed by atoms with E-state index in [9.17, 15) is 0 Å². The fraction of sp³-hybridized carbons (Fsp3) is 0.417. The second-order valence-electron chi connectivity index (χ2n) is 4.17. The van der Waals surface area contributed by atoms with Crippen LogP contribution in [-0.4, -0.2) is 9.78 Å². The second kappa shape index (κ2) is 4.71. The van der Waals surface area contributed by atoms with E-state index in [4.69, 9.17) is 10.5 Å². The Bertz CT molecular complexity index is 494. The zero-order valence-electron chi connectivity index (χ0n) is 9.59. The maximum Gasteiger partial charge on any atom is 0.145 e. The molecule has 2 rings (SSSR count). The van der Waals surface area contributed by atoms with Gasteiger partial charge in [0, 0.05) is 12.3 Å². The SMILES string of the molecule is C[C@H](C1CC1)n1nccc1NC=C(C#N)C#N. The summed E-state index contributed by atoms with van der Waals surface area (Å²) < 4.78 is 1.90. The van der Waals surface area contributed by atoms with E-state index in [0.29, 0.717) is 12.0 Å². The molecule has 1 aliphatic rings. The Kier molecular flexibility index (Phi) is 3.11. The topological polar surface area (TPSA) is 77.4 Å². The van der Waals surface area contributed by atoms with Crippen molar-refractivity contribution in [3.8, 4) is 12.1 Å². The normalized spacial score (nSPS) is 15.5. The van der Waals surface area contributed by atoms with Gasteiger partial charge in [0.05, 0.1) is 12.2 Å². The lowest BCUT2D eigenvalue weighted by Gasteiger charge is -2.14. The maximum atomic E-state index is 8.63. The van der Waals surface area contributed by atoms with Gasteiger partial charge in [-0.2, -0.15) is 15.6 Å². The summed E-state index contributed by atoms with van der Waals surface area (Å²) in [5.74, 6) is 1.51. The van der Waals surface area contributed by atoms with Gasteiger partial charge >= 0.3 is 0 Å². The first-order valence-corrected chi connectivity index (χ1v) is 5.56. The molecule has 5 heteroatoms. The quantitative estimate of drug-likeness (QED) is 0.800. The Morgan fingerprint density at radius 1 is 1.59 bits per heavy atom. The van der Waals surface area contributed by atoms with Crippen molar-refractivity contribution in [1.82, 2.24) is 9.78 Å². The summed E-state index contributed by atoms with van der Waals surface area (Å²) >= 11 is 0. The molecule has 1 fully saturated rings. The third-order valence-electron chi connectivity index (χ3n) is 2.97. The van der Waals surface area contributed by atoms with Crippen molar-refractivity contribution in [2.75, 3.05) is 5.32 Å². The Balaban J connectivity index is 2.12. The molecular weight excluding hydrogens is 214 g/mol. The molecule has 86 valence electrons. The number of nitriles is 2. The summed E-state index contributed by atoms with van der Waals surface area (Å²) in [6.07, 6.45) is 5.62. The number of hydrogen-bond acceptors (Lipinski definition) is 4. The number of allylic oxidation sites excluding steroid dienone is 1. The average Bonchev–Trinajstić information content (AvgIpc) is 3.09. The van der Waals surface area contributed by atoms with Crippen LogP contribution in [0, 0.1) is 28.6 Å². The van der Waals surface area contributed by atoms with Crippen molar-refractivity contribution in [2.45, 2.75) is 25.8 Å². The molecule has 0 saturated heterocycles. The molecule has 1 aliphatic carbocycles. The van der Waals surface area contributed by atoms with Gasteiger partial charge in [-0.05, 0) is 25.7 Å². The third kappa shape index (κ3) is 2.46. The molecule has 5 nitrogen and oxygen atoms in total. The van der Waals surface area contributed by atoms with Crippen LogP contribution in [0.1, 0.15) is 25.8 Å². The molecule has 1 saturated carbocycles. The average molecular weight is 227 g/mol. The van der Waals surface area contributed by atoms with Gasteiger partial charge in [-0.25, -0.2) is 4.68 Å². The molecule has 0 bridgehead atoms. The lowest BCUT2D eigenvalue weighted by atomic mass is 10.2. The summed E-state index contributed by atoms with van der Waals surface area (Å²) in [5.41, 5.74) is 0.0526. The van der Waals surface area contributed by atoms with Crippen LogP contribution in [0.2, 0.25) is 0 Å². The molecule has 1 aromatic heterocycles. The van der Waals surface area contributed by atoms with E-state index in [1.807, 2.05) is 10.7 Å². The number of rotatable bonds is 4. The molecule has 1 aromatic rings. The van der Waals surface area contributed by atoms with Gasteiger partial charge in [0.15, 0.2) is 0 Å². The van der Waals surface area contributed by atoms with E-state index in [1.54, 1.807) is 18.3 Å². The smallest absolute Gasteiger partial charge is 0.145 e. The van der Waals surface area contributed by atoms with E-state index in [0.717, 1.165) is 5.82 Å². The minimum atomic E-state index is 0.0526. The van der Waals surface area contributed by atoms with Crippen molar-refractivity contribution in [1.29, 1.82) is 10.5 Å². The summed E-state index contributed by atoms with van der Waals surface area (Å²) in [6, 6.07) is 5.80. The van der Waals surface area contributed by atoms with Gasteiger partial charge < -0.3 is 5.32 Å². The van der Waals surface area contributed by atoms with Crippen molar-refractivity contribution >= 4 is 5.82 Å². The van der Waals surface area contributed by atoms with E-state index in [1.165, 1.54) is 19.0 Å². The van der Waals surface area contributed by atoms with Crippen LogP contribution in [-0.2, 0) is 0 Å². The predicted molar refractivity (Wildman–Crippen MR) is 62.6 cm³/mol. The first-order valence-electron chi connectivity index (χ1n) is 5.56. The number of aromatic nitrogens is 2. The summed E-state index contributed by atoms with van der Waals surface area (Å²) in [5, 5.41) is 24.5. The number of nitrogens with zero attached hydrogens (tertiary/aromatic N) is 4. The lowest BCUT2D eigenvalue weighted by Crippen LogP contribution is -2.11. The molecule has 1 N–H and O–H groups in total. The van der Waals surface area contributed by atoms with Gasteiger partial charge in [-0.1, -0.05) is 0 Å². The fourth-order valence-electron chi connectivity index (χ4n) is 1.77. The highest BCUT2D eigenvalue weighted by molar-refractivity contribution is 5.44. The first-order chi connectivity index (χ1) is 8.26. The van der Waals surface area contributed by atoms with Crippen molar-refractivity contribution in [3.05, 3.63) is 24.0 Å². The Hall–Kier alpha value is -2.27. The number of hydrogen-bond donors (Lipinski definition) is 1. The number of nitrogens with one attached hydrogen (secondary N) is 1. The van der Waals surface area contributed by atoms with E-state index in [2.05, 4.69) is 17.3 Å². The summed E-state index contributed by atoms with van der Waals surface area (Å²) in [4.78, 5) is 0. The van der Waals surface area contributed by atoms with E-state index in [-0.39, 0.29) is 5.57 Å². The molecule has 0 aromatic carbocycles. The molecule has 0 unspecified atom stereocenters. The van der Waals surface area contributed by atoms with Crippen LogP contribution >= 0.6 is 0 Å².